The van der Waals surface area contributed by atoms with Crippen molar-refractivity contribution in [3.63, 3.8) is 0 Å². The topological polar surface area (TPSA) is 171 Å². The van der Waals surface area contributed by atoms with Gasteiger partial charge in [-0.15, -0.1) is 0 Å². The van der Waals surface area contributed by atoms with Crippen molar-refractivity contribution in [3.05, 3.63) is 0 Å². The fraction of sp³-hybridized carbons (Fsp3) is 0.692. The van der Waals surface area contributed by atoms with E-state index in [0.717, 1.165) is 0 Å². The van der Waals surface area contributed by atoms with Gasteiger partial charge in [0.15, 0.2) is 0 Å². The van der Waals surface area contributed by atoms with Gasteiger partial charge in [-0.3, -0.25) is 14.4 Å². The Bertz CT molecular complexity index is 454. The van der Waals surface area contributed by atoms with Crippen LogP contribution < -0.4 is 21.7 Å². The zero-order valence-corrected chi connectivity index (χ0v) is 13.3. The van der Waals surface area contributed by atoms with E-state index in [1.807, 2.05) is 0 Å². The quantitative estimate of drug-likeness (QED) is 0.264. The highest BCUT2D eigenvalue weighted by Gasteiger charge is 2.29. The molecule has 0 fully saturated rings. The molecule has 0 saturated carbocycles. The Balaban J connectivity index is 4.85. The van der Waals surface area contributed by atoms with Crippen LogP contribution in [0, 0.1) is 5.92 Å². The molecule has 0 aromatic rings. The summed E-state index contributed by atoms with van der Waals surface area (Å²) in [6.07, 6.45) is 0. The highest BCUT2D eigenvalue weighted by molar-refractivity contribution is 5.93. The molecule has 0 aliphatic rings. The molecule has 10 heteroatoms. The van der Waals surface area contributed by atoms with Gasteiger partial charge in [-0.05, 0) is 12.8 Å². The normalized spacial score (nSPS) is 14.5. The molecule has 0 aliphatic heterocycles. The van der Waals surface area contributed by atoms with Crippen LogP contribution in [0.2, 0.25) is 0 Å². The van der Waals surface area contributed by atoms with Crippen LogP contribution in [0.15, 0.2) is 0 Å². The van der Waals surface area contributed by atoms with E-state index >= 15 is 0 Å². The molecule has 10 nitrogen and oxygen atoms in total. The van der Waals surface area contributed by atoms with Crippen LogP contribution in [-0.2, 0) is 19.2 Å². The van der Waals surface area contributed by atoms with Gasteiger partial charge < -0.3 is 31.9 Å². The first kappa shape index (κ1) is 20.8. The Kier molecular flexibility index (Phi) is 8.81. The minimum absolute atomic E-state index is 0.275. The number of hydrogen-bond acceptors (Lipinski definition) is 6. The molecule has 23 heavy (non-hydrogen) atoms. The van der Waals surface area contributed by atoms with Gasteiger partial charge in [0, 0.05) is 0 Å². The lowest BCUT2D eigenvalue weighted by Gasteiger charge is -2.25. The van der Waals surface area contributed by atoms with Crippen LogP contribution in [0.4, 0.5) is 0 Å². The lowest BCUT2D eigenvalue weighted by atomic mass is 10.0. The second-order valence-electron chi connectivity index (χ2n) is 5.31. The summed E-state index contributed by atoms with van der Waals surface area (Å²) in [4.78, 5) is 46.1. The zero-order chi connectivity index (χ0) is 18.2. The average Bonchev–Trinajstić information content (AvgIpc) is 2.48. The second kappa shape index (κ2) is 9.74. The lowest BCUT2D eigenvalue weighted by Crippen LogP contribution is -2.57. The van der Waals surface area contributed by atoms with E-state index in [-0.39, 0.29) is 12.5 Å². The lowest BCUT2D eigenvalue weighted by molar-refractivity contribution is -0.143. The van der Waals surface area contributed by atoms with Crippen molar-refractivity contribution in [3.8, 4) is 0 Å². The van der Waals surface area contributed by atoms with E-state index in [2.05, 4.69) is 16.0 Å². The van der Waals surface area contributed by atoms with Gasteiger partial charge in [-0.2, -0.15) is 0 Å². The van der Waals surface area contributed by atoms with Crippen LogP contribution >= 0.6 is 0 Å². The molecule has 3 atom stereocenters. The number of carbonyl (C=O) groups excluding carboxylic acids is 3. The first-order valence-electron chi connectivity index (χ1n) is 7.07. The molecule has 0 bridgehead atoms. The summed E-state index contributed by atoms with van der Waals surface area (Å²) in [5.41, 5.74) is 5.13. The summed E-state index contributed by atoms with van der Waals surface area (Å²) in [5, 5.41) is 24.6. The molecule has 0 rings (SSSR count). The third-order valence-corrected chi connectivity index (χ3v) is 3.00. The molecule has 0 aliphatic carbocycles. The van der Waals surface area contributed by atoms with E-state index in [1.54, 1.807) is 13.8 Å². The number of rotatable bonds is 9. The monoisotopic (exact) mass is 332 g/mol. The van der Waals surface area contributed by atoms with Crippen molar-refractivity contribution in [2.24, 2.45) is 11.7 Å². The number of carboxylic acid groups (broad SMARTS) is 1. The van der Waals surface area contributed by atoms with Crippen LogP contribution in [0.1, 0.15) is 20.8 Å². The van der Waals surface area contributed by atoms with Crippen molar-refractivity contribution in [1.82, 2.24) is 16.0 Å². The number of aliphatic carboxylic acids is 1. The summed E-state index contributed by atoms with van der Waals surface area (Å²) in [6.45, 7) is 3.68. The van der Waals surface area contributed by atoms with Gasteiger partial charge in [0.2, 0.25) is 17.7 Å². The third kappa shape index (κ3) is 7.06. The molecular formula is C13H24N4O6. The number of amides is 3. The van der Waals surface area contributed by atoms with Crippen LogP contribution in [0.5, 0.6) is 0 Å². The van der Waals surface area contributed by atoms with E-state index in [9.17, 15) is 19.2 Å². The molecule has 3 amide bonds. The Hall–Kier alpha value is -2.20. The minimum atomic E-state index is -1.46. The summed E-state index contributed by atoms with van der Waals surface area (Å²) >= 11 is 0. The number of aliphatic hydroxyl groups is 1. The molecule has 0 spiro atoms. The third-order valence-electron chi connectivity index (χ3n) is 3.00. The highest BCUT2D eigenvalue weighted by atomic mass is 16.4. The maximum atomic E-state index is 12.1. The Morgan fingerprint density at radius 1 is 1.00 bits per heavy atom. The maximum Gasteiger partial charge on any atom is 0.328 e. The fourth-order valence-electron chi connectivity index (χ4n) is 1.63. The maximum absolute atomic E-state index is 12.1. The standard InChI is InChI=1S/C13H24N4O6/c1-6(2)10(12(21)16-8(5-18)13(22)23)17-11(20)7(3)15-9(19)4-14/h6-8,10,18H,4-5,14H2,1-3H3,(H,15,19)(H,16,21)(H,17,20)(H,22,23). The van der Waals surface area contributed by atoms with Crippen LogP contribution in [-0.4, -0.2) is 65.2 Å². The molecule has 132 valence electrons. The molecule has 7 N–H and O–H groups in total. The molecule has 0 radical (unpaired) electrons. The summed E-state index contributed by atoms with van der Waals surface area (Å²) < 4.78 is 0. The van der Waals surface area contributed by atoms with E-state index < -0.39 is 48.4 Å². The predicted octanol–water partition coefficient (Wildman–Crippen LogP) is -2.85. The molecule has 0 aromatic heterocycles. The minimum Gasteiger partial charge on any atom is -0.480 e. The fourth-order valence-corrected chi connectivity index (χ4v) is 1.63. The van der Waals surface area contributed by atoms with Crippen molar-refractivity contribution >= 4 is 23.7 Å². The molecular weight excluding hydrogens is 308 g/mol. The van der Waals surface area contributed by atoms with Gasteiger partial charge in [-0.25, -0.2) is 4.79 Å². The number of aliphatic hydroxyl groups excluding tert-OH is 1. The Morgan fingerprint density at radius 2 is 1.57 bits per heavy atom. The number of hydrogen-bond donors (Lipinski definition) is 6. The average molecular weight is 332 g/mol. The number of nitrogens with one attached hydrogen (secondary N) is 3. The van der Waals surface area contributed by atoms with Crippen LogP contribution in [0.25, 0.3) is 0 Å². The summed E-state index contributed by atoms with van der Waals surface area (Å²) in [5.74, 6) is -3.61. The van der Waals surface area contributed by atoms with Gasteiger partial charge in [0.25, 0.3) is 0 Å². The number of carboxylic acids is 1. The van der Waals surface area contributed by atoms with Crippen molar-refractivity contribution in [2.75, 3.05) is 13.2 Å². The van der Waals surface area contributed by atoms with Crippen molar-refractivity contribution in [2.45, 2.75) is 38.9 Å². The molecule has 0 aromatic carbocycles. The second-order valence-corrected chi connectivity index (χ2v) is 5.31. The molecule has 3 unspecified atom stereocenters. The Morgan fingerprint density at radius 3 is 1.96 bits per heavy atom. The van der Waals surface area contributed by atoms with E-state index in [0.29, 0.717) is 0 Å². The van der Waals surface area contributed by atoms with Gasteiger partial charge in [0.05, 0.1) is 13.2 Å². The summed E-state index contributed by atoms with van der Waals surface area (Å²) in [7, 11) is 0. The first-order chi connectivity index (χ1) is 10.6. The van der Waals surface area contributed by atoms with E-state index in [1.165, 1.54) is 6.92 Å². The van der Waals surface area contributed by atoms with Crippen molar-refractivity contribution < 1.29 is 29.4 Å². The largest absolute Gasteiger partial charge is 0.480 e. The smallest absolute Gasteiger partial charge is 0.328 e. The van der Waals surface area contributed by atoms with Gasteiger partial charge in [0.1, 0.15) is 18.1 Å². The summed E-state index contributed by atoms with van der Waals surface area (Å²) in [6, 6.07) is -3.39. The molecule has 0 saturated heterocycles. The highest BCUT2D eigenvalue weighted by Crippen LogP contribution is 2.03. The number of nitrogens with two attached hydrogens (primary N) is 1. The van der Waals surface area contributed by atoms with Crippen molar-refractivity contribution in [1.29, 1.82) is 0 Å². The van der Waals surface area contributed by atoms with Crippen LogP contribution in [0.3, 0.4) is 0 Å². The Labute approximate surface area is 133 Å². The predicted molar refractivity (Wildman–Crippen MR) is 80.1 cm³/mol. The SMILES string of the molecule is CC(NC(=O)CN)C(=O)NC(C(=O)NC(CO)C(=O)O)C(C)C. The van der Waals surface area contributed by atoms with Gasteiger partial charge >= 0.3 is 5.97 Å². The first-order valence-corrected chi connectivity index (χ1v) is 7.07. The zero-order valence-electron chi connectivity index (χ0n) is 13.3. The van der Waals surface area contributed by atoms with Gasteiger partial charge in [-0.1, -0.05) is 13.8 Å². The number of carbonyl (C=O) groups is 4. The van der Waals surface area contributed by atoms with E-state index in [4.69, 9.17) is 15.9 Å². The molecule has 0 heterocycles.